The van der Waals surface area contributed by atoms with E-state index in [0.717, 1.165) is 22.6 Å². The Morgan fingerprint density at radius 1 is 0.967 bits per heavy atom. The Balaban J connectivity index is 2.08. The third kappa shape index (κ3) is 2.57. The summed E-state index contributed by atoms with van der Waals surface area (Å²) in [5.41, 5.74) is 9.92. The first-order valence-electron chi connectivity index (χ1n) is 10.9. The minimum atomic E-state index is 0.107. The van der Waals surface area contributed by atoms with Crippen LogP contribution in [0.1, 0.15) is 62.9 Å². The highest BCUT2D eigenvalue weighted by molar-refractivity contribution is 6.12. The molecular formula is C27H31N2O+. The molecule has 1 aliphatic rings. The SMILES string of the molecule is Cc1cc(-c2c(C)c3c(c4c2oc2ccccc24)C(C)(C)CCC3(C)C)[n+](C)cn1. The number of hydrogen-bond donors (Lipinski definition) is 0. The number of aromatic nitrogens is 2. The summed E-state index contributed by atoms with van der Waals surface area (Å²) >= 11 is 0. The standard InChI is InChI=1S/C27H31N2O/c1-16-14-19(29(7)15-28-16)21-17(2)23-24(27(5,6)13-12-26(23,3)4)22-18-10-8-9-11-20(18)30-25(21)22/h8-11,14-15H,12-13H2,1-7H3/q+1. The van der Waals surface area contributed by atoms with Crippen molar-refractivity contribution in [2.24, 2.45) is 7.05 Å². The maximum atomic E-state index is 6.61. The van der Waals surface area contributed by atoms with Crippen LogP contribution in [0.15, 0.2) is 41.1 Å². The second-order valence-corrected chi connectivity index (χ2v) is 10.3. The molecule has 1 aliphatic carbocycles. The van der Waals surface area contributed by atoms with E-state index in [4.69, 9.17) is 4.42 Å². The molecule has 3 heteroatoms. The number of para-hydroxylation sites is 1. The summed E-state index contributed by atoms with van der Waals surface area (Å²) in [6.45, 7) is 14.0. The summed E-state index contributed by atoms with van der Waals surface area (Å²) in [6, 6.07) is 10.7. The number of fused-ring (bicyclic) bond motifs is 5. The molecule has 0 spiro atoms. The van der Waals surface area contributed by atoms with Gasteiger partial charge in [-0.3, -0.25) is 0 Å². The number of rotatable bonds is 1. The van der Waals surface area contributed by atoms with Gasteiger partial charge in [-0.25, -0.2) is 4.57 Å². The van der Waals surface area contributed by atoms with E-state index in [1.54, 1.807) is 0 Å². The predicted molar refractivity (Wildman–Crippen MR) is 123 cm³/mol. The molecule has 2 heterocycles. The monoisotopic (exact) mass is 399 g/mol. The van der Waals surface area contributed by atoms with Crippen LogP contribution in [0.4, 0.5) is 0 Å². The van der Waals surface area contributed by atoms with Crippen LogP contribution < -0.4 is 4.57 Å². The molecule has 0 saturated heterocycles. The van der Waals surface area contributed by atoms with Gasteiger partial charge in [-0.1, -0.05) is 50.9 Å². The fourth-order valence-electron chi connectivity index (χ4n) is 5.61. The van der Waals surface area contributed by atoms with Crippen LogP contribution >= 0.6 is 0 Å². The van der Waals surface area contributed by atoms with E-state index >= 15 is 0 Å². The molecule has 0 atom stereocenters. The van der Waals surface area contributed by atoms with E-state index in [0.29, 0.717) is 0 Å². The highest BCUT2D eigenvalue weighted by Gasteiger charge is 2.42. The molecule has 0 N–H and O–H groups in total. The minimum absolute atomic E-state index is 0.107. The summed E-state index contributed by atoms with van der Waals surface area (Å²) in [5.74, 6) is 0. The lowest BCUT2D eigenvalue weighted by Crippen LogP contribution is -2.36. The molecule has 0 unspecified atom stereocenters. The number of nitrogens with zero attached hydrogens (tertiary/aromatic N) is 2. The Hall–Kier alpha value is -2.68. The summed E-state index contributed by atoms with van der Waals surface area (Å²) in [5, 5.41) is 2.53. The fraction of sp³-hybridized carbons (Fsp3) is 0.407. The van der Waals surface area contributed by atoms with Gasteiger partial charge in [0.15, 0.2) is 5.69 Å². The summed E-state index contributed by atoms with van der Waals surface area (Å²) in [7, 11) is 2.07. The molecule has 5 rings (SSSR count). The van der Waals surface area contributed by atoms with E-state index in [1.165, 1.54) is 45.9 Å². The first kappa shape index (κ1) is 19.3. The van der Waals surface area contributed by atoms with Crippen LogP contribution in [-0.2, 0) is 17.9 Å². The van der Waals surface area contributed by atoms with E-state index in [9.17, 15) is 0 Å². The van der Waals surface area contributed by atoms with Crippen LogP contribution in [0, 0.1) is 13.8 Å². The topological polar surface area (TPSA) is 29.9 Å². The zero-order valence-electron chi connectivity index (χ0n) is 19.2. The molecule has 0 saturated carbocycles. The summed E-state index contributed by atoms with van der Waals surface area (Å²) in [4.78, 5) is 4.49. The zero-order chi connectivity index (χ0) is 21.4. The molecule has 4 aromatic rings. The first-order chi connectivity index (χ1) is 14.1. The maximum absolute atomic E-state index is 6.61. The summed E-state index contributed by atoms with van der Waals surface area (Å²) < 4.78 is 8.73. The van der Waals surface area contributed by atoms with Crippen LogP contribution in [0.5, 0.6) is 0 Å². The van der Waals surface area contributed by atoms with Gasteiger partial charge in [-0.05, 0) is 53.4 Å². The molecule has 2 aromatic carbocycles. The molecule has 30 heavy (non-hydrogen) atoms. The molecule has 0 aliphatic heterocycles. The summed E-state index contributed by atoms with van der Waals surface area (Å²) in [6.07, 6.45) is 4.28. The Bertz CT molecular complexity index is 1320. The molecule has 154 valence electrons. The van der Waals surface area contributed by atoms with Gasteiger partial charge in [-0.2, -0.15) is 0 Å². The Morgan fingerprint density at radius 3 is 2.37 bits per heavy atom. The lowest BCUT2D eigenvalue weighted by atomic mass is 9.60. The van der Waals surface area contributed by atoms with E-state index in [-0.39, 0.29) is 10.8 Å². The average molecular weight is 400 g/mol. The molecule has 0 amide bonds. The third-order valence-electron chi connectivity index (χ3n) is 7.22. The van der Waals surface area contributed by atoms with Crippen LogP contribution in [0.25, 0.3) is 33.2 Å². The van der Waals surface area contributed by atoms with Crippen molar-refractivity contribution in [3.63, 3.8) is 0 Å². The van der Waals surface area contributed by atoms with Crippen molar-refractivity contribution in [1.29, 1.82) is 0 Å². The highest BCUT2D eigenvalue weighted by Crippen LogP contribution is 2.54. The first-order valence-corrected chi connectivity index (χ1v) is 10.9. The maximum Gasteiger partial charge on any atom is 0.286 e. The van der Waals surface area contributed by atoms with E-state index < -0.39 is 0 Å². The largest absolute Gasteiger partial charge is 0.455 e. The van der Waals surface area contributed by atoms with Crippen LogP contribution in [0.2, 0.25) is 0 Å². The van der Waals surface area contributed by atoms with E-state index in [1.807, 2.05) is 6.33 Å². The van der Waals surface area contributed by atoms with Crippen molar-refractivity contribution in [3.05, 3.63) is 59.0 Å². The number of aryl methyl sites for hydroxylation is 2. The highest BCUT2D eigenvalue weighted by atomic mass is 16.3. The number of furan rings is 1. The smallest absolute Gasteiger partial charge is 0.286 e. The molecule has 2 aromatic heterocycles. The van der Waals surface area contributed by atoms with Gasteiger partial charge in [-0.15, -0.1) is 0 Å². The quantitative estimate of drug-likeness (QED) is 0.345. The number of benzene rings is 2. The predicted octanol–water partition coefficient (Wildman–Crippen LogP) is 6.44. The van der Waals surface area contributed by atoms with Gasteiger partial charge in [0.05, 0.1) is 12.6 Å². The normalized spacial score (nSPS) is 17.4. The molecule has 0 bridgehead atoms. The number of hydrogen-bond acceptors (Lipinski definition) is 2. The van der Waals surface area contributed by atoms with E-state index in [2.05, 4.69) is 88.5 Å². The van der Waals surface area contributed by atoms with Gasteiger partial charge in [0.1, 0.15) is 16.9 Å². The fourth-order valence-corrected chi connectivity index (χ4v) is 5.61. The average Bonchev–Trinajstić information content (AvgIpc) is 3.06. The lowest BCUT2D eigenvalue weighted by molar-refractivity contribution is -0.663. The van der Waals surface area contributed by atoms with Crippen LogP contribution in [-0.4, -0.2) is 4.98 Å². The van der Waals surface area contributed by atoms with Crippen molar-refractivity contribution in [2.75, 3.05) is 0 Å². The molecule has 0 radical (unpaired) electrons. The Morgan fingerprint density at radius 2 is 1.63 bits per heavy atom. The van der Waals surface area contributed by atoms with Gasteiger partial charge < -0.3 is 4.42 Å². The van der Waals surface area contributed by atoms with Gasteiger partial charge in [0.25, 0.3) is 6.33 Å². The molecule has 0 fully saturated rings. The van der Waals surface area contributed by atoms with Gasteiger partial charge in [0, 0.05) is 23.8 Å². The third-order valence-corrected chi connectivity index (χ3v) is 7.22. The Kier molecular flexibility index (Phi) is 3.96. The van der Waals surface area contributed by atoms with Gasteiger partial charge >= 0.3 is 0 Å². The van der Waals surface area contributed by atoms with Crippen molar-refractivity contribution in [3.8, 4) is 11.3 Å². The van der Waals surface area contributed by atoms with Crippen LogP contribution in [0.3, 0.4) is 0 Å². The Labute approximate surface area is 178 Å². The van der Waals surface area contributed by atoms with Crippen molar-refractivity contribution in [2.45, 2.75) is 65.2 Å². The minimum Gasteiger partial charge on any atom is -0.455 e. The van der Waals surface area contributed by atoms with Crippen molar-refractivity contribution in [1.82, 2.24) is 4.98 Å². The van der Waals surface area contributed by atoms with Gasteiger partial charge in [0.2, 0.25) is 0 Å². The van der Waals surface area contributed by atoms with Crippen molar-refractivity contribution >= 4 is 21.9 Å². The van der Waals surface area contributed by atoms with Crippen molar-refractivity contribution < 1.29 is 8.98 Å². The zero-order valence-corrected chi connectivity index (χ0v) is 19.2. The second kappa shape index (κ2) is 6.16. The second-order valence-electron chi connectivity index (χ2n) is 10.3. The lowest BCUT2D eigenvalue weighted by Gasteiger charge is -2.43. The molecular weight excluding hydrogens is 368 g/mol. The molecule has 3 nitrogen and oxygen atoms in total.